The summed E-state index contributed by atoms with van der Waals surface area (Å²) in [4.78, 5) is 12.2. The van der Waals surface area contributed by atoms with Crippen molar-refractivity contribution < 1.29 is 10.0 Å². The van der Waals surface area contributed by atoms with Crippen molar-refractivity contribution in [3.63, 3.8) is 0 Å². The largest absolute Gasteiger partial charge is 0.409 e. The fraction of sp³-hybridized carbons (Fsp3) is 0.455. The third kappa shape index (κ3) is 2.58. The van der Waals surface area contributed by atoms with Gasteiger partial charge in [0.05, 0.1) is 5.69 Å². The van der Waals surface area contributed by atoms with Crippen LogP contribution in [0, 0.1) is 5.41 Å². The molecule has 0 aliphatic rings. The van der Waals surface area contributed by atoms with E-state index in [2.05, 4.69) is 10.5 Å². The van der Waals surface area contributed by atoms with Gasteiger partial charge in [0.1, 0.15) is 5.41 Å². The van der Waals surface area contributed by atoms with E-state index in [4.69, 9.17) is 10.9 Å². The van der Waals surface area contributed by atoms with Crippen LogP contribution in [0.4, 0.5) is 5.69 Å². The second kappa shape index (κ2) is 5.67. The van der Waals surface area contributed by atoms with Gasteiger partial charge in [0.25, 0.3) is 0 Å². The lowest BCUT2D eigenvalue weighted by Crippen LogP contribution is -2.46. The summed E-state index contributed by atoms with van der Waals surface area (Å²) in [6.45, 7) is 3.68. The molecule has 4 N–H and O–H groups in total. The molecule has 1 heterocycles. The van der Waals surface area contributed by atoms with E-state index >= 15 is 0 Å². The number of hydrogen-bond acceptors (Lipinski definition) is 4. The zero-order valence-electron chi connectivity index (χ0n) is 9.93. The number of carbonyl (C=O) groups excluding carboxylic acids is 1. The topological polar surface area (TPSA) is 87.7 Å². The van der Waals surface area contributed by atoms with Crippen molar-refractivity contribution in [3.05, 3.63) is 16.8 Å². The number of nitrogens with two attached hydrogens (primary N) is 1. The van der Waals surface area contributed by atoms with Gasteiger partial charge in [-0.05, 0) is 24.3 Å². The zero-order valence-corrected chi connectivity index (χ0v) is 10.8. The molecule has 0 fully saturated rings. The number of nitrogens with one attached hydrogen (secondary N) is 1. The number of oxime groups is 1. The first-order valence-electron chi connectivity index (χ1n) is 5.42. The van der Waals surface area contributed by atoms with E-state index in [1.807, 2.05) is 30.7 Å². The SMILES string of the molecule is CCC(CC)(C(=O)Nc1ccsc1)C(N)=NO. The Hall–Kier alpha value is -1.56. The number of carbonyl (C=O) groups is 1. The van der Waals surface area contributed by atoms with Crippen LogP contribution in [0.5, 0.6) is 0 Å². The molecule has 5 nitrogen and oxygen atoms in total. The highest BCUT2D eigenvalue weighted by Gasteiger charge is 2.39. The number of thiophene rings is 1. The summed E-state index contributed by atoms with van der Waals surface area (Å²) in [6.07, 6.45) is 0.963. The van der Waals surface area contributed by atoms with Crippen LogP contribution >= 0.6 is 11.3 Å². The molecular formula is C11H17N3O2S. The molecule has 0 aromatic carbocycles. The van der Waals surface area contributed by atoms with Gasteiger partial charge < -0.3 is 16.3 Å². The van der Waals surface area contributed by atoms with Crippen LogP contribution in [0.2, 0.25) is 0 Å². The predicted molar refractivity (Wildman–Crippen MR) is 69.4 cm³/mol. The highest BCUT2D eigenvalue weighted by atomic mass is 32.1. The van der Waals surface area contributed by atoms with E-state index in [-0.39, 0.29) is 11.7 Å². The predicted octanol–water partition coefficient (Wildman–Crippen LogP) is 2.24. The molecule has 1 amide bonds. The maximum absolute atomic E-state index is 12.2. The van der Waals surface area contributed by atoms with Gasteiger partial charge in [0.15, 0.2) is 5.84 Å². The third-order valence-corrected chi connectivity index (χ3v) is 3.70. The molecule has 0 bridgehead atoms. The first kappa shape index (κ1) is 13.5. The van der Waals surface area contributed by atoms with Crippen LogP contribution < -0.4 is 11.1 Å². The standard InChI is InChI=1S/C11H17N3O2S/c1-3-11(4-2,9(12)14-16)10(15)13-8-5-6-17-7-8/h5-7,16H,3-4H2,1-2H3,(H2,12,14)(H,13,15). The minimum absolute atomic E-state index is 0.0461. The Balaban J connectivity index is 2.95. The van der Waals surface area contributed by atoms with Crippen molar-refractivity contribution in [2.75, 3.05) is 5.32 Å². The van der Waals surface area contributed by atoms with Gasteiger partial charge in [-0.3, -0.25) is 4.79 Å². The van der Waals surface area contributed by atoms with E-state index in [1.165, 1.54) is 11.3 Å². The van der Waals surface area contributed by atoms with Crippen molar-refractivity contribution in [2.45, 2.75) is 26.7 Å². The smallest absolute Gasteiger partial charge is 0.238 e. The Kier molecular flexibility index (Phi) is 4.51. The Morgan fingerprint density at radius 3 is 2.65 bits per heavy atom. The minimum Gasteiger partial charge on any atom is -0.409 e. The molecule has 6 heteroatoms. The maximum atomic E-state index is 12.2. The van der Waals surface area contributed by atoms with E-state index in [0.717, 1.165) is 5.69 Å². The average molecular weight is 255 g/mol. The van der Waals surface area contributed by atoms with Gasteiger partial charge in [-0.25, -0.2) is 0 Å². The zero-order chi connectivity index (χ0) is 12.9. The van der Waals surface area contributed by atoms with E-state index < -0.39 is 5.41 Å². The Morgan fingerprint density at radius 1 is 1.59 bits per heavy atom. The molecule has 0 aliphatic heterocycles. The molecule has 1 rings (SSSR count). The lowest BCUT2D eigenvalue weighted by atomic mass is 9.80. The number of anilines is 1. The van der Waals surface area contributed by atoms with Crippen LogP contribution in [0.15, 0.2) is 22.0 Å². The van der Waals surface area contributed by atoms with E-state index in [9.17, 15) is 4.79 Å². The summed E-state index contributed by atoms with van der Waals surface area (Å²) >= 11 is 1.50. The molecule has 0 radical (unpaired) electrons. The molecule has 17 heavy (non-hydrogen) atoms. The normalized spacial score (nSPS) is 12.5. The highest BCUT2D eigenvalue weighted by Crippen LogP contribution is 2.29. The molecule has 0 unspecified atom stereocenters. The lowest BCUT2D eigenvalue weighted by molar-refractivity contribution is -0.122. The molecule has 0 saturated carbocycles. The summed E-state index contributed by atoms with van der Waals surface area (Å²) in [5, 5.41) is 18.3. The summed E-state index contributed by atoms with van der Waals surface area (Å²) in [6, 6.07) is 1.81. The van der Waals surface area contributed by atoms with Gasteiger partial charge in [-0.1, -0.05) is 19.0 Å². The monoisotopic (exact) mass is 255 g/mol. The molecule has 1 aromatic rings. The Bertz CT molecular complexity index is 397. The minimum atomic E-state index is -0.948. The van der Waals surface area contributed by atoms with Gasteiger partial charge >= 0.3 is 0 Å². The second-order valence-electron chi connectivity index (χ2n) is 3.74. The fourth-order valence-electron chi connectivity index (χ4n) is 1.73. The first-order chi connectivity index (χ1) is 8.10. The van der Waals surface area contributed by atoms with Crippen LogP contribution in [0.25, 0.3) is 0 Å². The van der Waals surface area contributed by atoms with Crippen molar-refractivity contribution in [1.29, 1.82) is 0 Å². The maximum Gasteiger partial charge on any atom is 0.238 e. The molecule has 94 valence electrons. The molecule has 0 atom stereocenters. The summed E-state index contributed by atoms with van der Waals surface area (Å²) in [5.41, 5.74) is 5.43. The number of hydrogen-bond donors (Lipinski definition) is 3. The van der Waals surface area contributed by atoms with Crippen molar-refractivity contribution in [2.24, 2.45) is 16.3 Å². The highest BCUT2D eigenvalue weighted by molar-refractivity contribution is 7.08. The number of nitrogens with zero attached hydrogens (tertiary/aromatic N) is 1. The molecule has 0 saturated heterocycles. The molecule has 0 spiro atoms. The third-order valence-electron chi connectivity index (χ3n) is 3.02. The molecular weight excluding hydrogens is 238 g/mol. The quantitative estimate of drug-likeness (QED) is 0.326. The van der Waals surface area contributed by atoms with E-state index in [0.29, 0.717) is 12.8 Å². The van der Waals surface area contributed by atoms with Crippen LogP contribution in [-0.4, -0.2) is 17.0 Å². The lowest BCUT2D eigenvalue weighted by Gasteiger charge is -2.28. The van der Waals surface area contributed by atoms with Crippen LogP contribution in [0.3, 0.4) is 0 Å². The van der Waals surface area contributed by atoms with E-state index in [1.54, 1.807) is 0 Å². The van der Waals surface area contributed by atoms with Crippen molar-refractivity contribution >= 4 is 28.8 Å². The van der Waals surface area contributed by atoms with Crippen molar-refractivity contribution in [3.8, 4) is 0 Å². The summed E-state index contributed by atoms with van der Waals surface area (Å²) in [7, 11) is 0. The van der Waals surface area contributed by atoms with Gasteiger partial charge in [0, 0.05) is 5.38 Å². The van der Waals surface area contributed by atoms with Crippen LogP contribution in [0.1, 0.15) is 26.7 Å². The average Bonchev–Trinajstić information content (AvgIpc) is 2.83. The Morgan fingerprint density at radius 2 is 2.24 bits per heavy atom. The van der Waals surface area contributed by atoms with Gasteiger partial charge in [-0.2, -0.15) is 11.3 Å². The van der Waals surface area contributed by atoms with Crippen LogP contribution in [-0.2, 0) is 4.79 Å². The Labute approximate surface area is 104 Å². The second-order valence-corrected chi connectivity index (χ2v) is 4.52. The first-order valence-corrected chi connectivity index (χ1v) is 6.36. The fourth-order valence-corrected chi connectivity index (χ4v) is 2.32. The van der Waals surface area contributed by atoms with Crippen molar-refractivity contribution in [1.82, 2.24) is 0 Å². The molecule has 1 aromatic heterocycles. The number of rotatable bonds is 5. The number of amides is 1. The summed E-state index contributed by atoms with van der Waals surface area (Å²) < 4.78 is 0. The van der Waals surface area contributed by atoms with Gasteiger partial charge in [-0.15, -0.1) is 0 Å². The number of amidine groups is 1. The summed E-state index contributed by atoms with van der Waals surface area (Å²) in [5.74, 6) is -0.286. The molecule has 0 aliphatic carbocycles. The van der Waals surface area contributed by atoms with Gasteiger partial charge in [0.2, 0.25) is 5.91 Å².